The molecule has 1 aliphatic carbocycles. The maximum Gasteiger partial charge on any atom is 0.226 e. The van der Waals surface area contributed by atoms with Gasteiger partial charge in [0.1, 0.15) is 0 Å². The number of hydrogen-bond acceptors (Lipinski definition) is 3. The molecule has 0 aliphatic heterocycles. The quantitative estimate of drug-likeness (QED) is 0.864. The molecule has 2 aromatic heterocycles. The summed E-state index contributed by atoms with van der Waals surface area (Å²) in [5, 5.41) is 0. The zero-order valence-electron chi connectivity index (χ0n) is 11.7. The number of rotatable bonds is 4. The summed E-state index contributed by atoms with van der Waals surface area (Å²) in [7, 11) is 1.89. The van der Waals surface area contributed by atoms with Crippen LogP contribution < -0.4 is 0 Å². The first-order chi connectivity index (χ1) is 9.65. The van der Waals surface area contributed by atoms with Gasteiger partial charge in [0.15, 0.2) is 0 Å². The molecular formula is C16H18N2OS. The van der Waals surface area contributed by atoms with Crippen molar-refractivity contribution >= 4 is 17.2 Å². The molecule has 0 saturated heterocycles. The molecule has 0 N–H and O–H groups in total. The van der Waals surface area contributed by atoms with Crippen molar-refractivity contribution in [2.45, 2.75) is 25.8 Å². The van der Waals surface area contributed by atoms with Gasteiger partial charge in [-0.3, -0.25) is 9.78 Å². The van der Waals surface area contributed by atoms with Crippen molar-refractivity contribution in [2.75, 3.05) is 7.05 Å². The van der Waals surface area contributed by atoms with Gasteiger partial charge in [0.25, 0.3) is 0 Å². The number of carbonyl (C=O) groups excluding carboxylic acids is 1. The standard InChI is InChI=1S/C16H18N2OS/c1-11-3-4-15(20-11)13-9-14(13)16(19)18(2)10-12-5-7-17-8-6-12/h3-8,13-14H,9-10H2,1-2H3/t13-,14-/m0/s1. The molecule has 2 heterocycles. The number of thiophene rings is 1. The minimum absolute atomic E-state index is 0.180. The van der Waals surface area contributed by atoms with Gasteiger partial charge in [-0.2, -0.15) is 0 Å². The molecule has 0 radical (unpaired) electrons. The summed E-state index contributed by atoms with van der Waals surface area (Å²) in [5.74, 6) is 0.888. The predicted octanol–water partition coefficient (Wildman–Crippen LogP) is 3.21. The van der Waals surface area contributed by atoms with Gasteiger partial charge >= 0.3 is 0 Å². The summed E-state index contributed by atoms with van der Waals surface area (Å²) >= 11 is 1.82. The number of nitrogens with zero attached hydrogens (tertiary/aromatic N) is 2. The topological polar surface area (TPSA) is 33.2 Å². The molecule has 0 bridgehead atoms. The van der Waals surface area contributed by atoms with Crippen LogP contribution in [0.25, 0.3) is 0 Å². The van der Waals surface area contributed by atoms with E-state index < -0.39 is 0 Å². The zero-order chi connectivity index (χ0) is 14.1. The summed E-state index contributed by atoms with van der Waals surface area (Å²) in [5.41, 5.74) is 1.13. The summed E-state index contributed by atoms with van der Waals surface area (Å²) in [6.45, 7) is 2.77. The third kappa shape index (κ3) is 2.75. The van der Waals surface area contributed by atoms with Gasteiger partial charge in [0.05, 0.1) is 0 Å². The van der Waals surface area contributed by atoms with E-state index in [4.69, 9.17) is 0 Å². The molecule has 3 nitrogen and oxygen atoms in total. The highest BCUT2D eigenvalue weighted by molar-refractivity contribution is 7.12. The molecule has 1 fully saturated rings. The van der Waals surface area contributed by atoms with Crippen molar-refractivity contribution in [1.29, 1.82) is 0 Å². The van der Waals surface area contributed by atoms with E-state index in [0.29, 0.717) is 12.5 Å². The Morgan fingerprint density at radius 1 is 1.35 bits per heavy atom. The van der Waals surface area contributed by atoms with Gasteiger partial charge in [0.2, 0.25) is 5.91 Å². The molecule has 0 spiro atoms. The molecule has 0 unspecified atom stereocenters. The van der Waals surface area contributed by atoms with E-state index in [-0.39, 0.29) is 11.8 Å². The second-order valence-electron chi connectivity index (χ2n) is 5.45. The van der Waals surface area contributed by atoms with Gasteiger partial charge in [-0.1, -0.05) is 0 Å². The molecule has 4 heteroatoms. The Bertz CT molecular complexity index is 608. The Kier molecular flexibility index (Phi) is 3.57. The van der Waals surface area contributed by atoms with E-state index in [0.717, 1.165) is 12.0 Å². The van der Waals surface area contributed by atoms with Crippen LogP contribution >= 0.6 is 11.3 Å². The minimum atomic E-state index is 0.180. The van der Waals surface area contributed by atoms with Gasteiger partial charge < -0.3 is 4.90 Å². The number of amides is 1. The maximum absolute atomic E-state index is 12.4. The second-order valence-corrected chi connectivity index (χ2v) is 6.77. The van der Waals surface area contributed by atoms with Crippen molar-refractivity contribution < 1.29 is 4.79 Å². The van der Waals surface area contributed by atoms with E-state index in [1.54, 1.807) is 12.4 Å². The molecule has 2 atom stereocenters. The molecule has 1 saturated carbocycles. The van der Waals surface area contributed by atoms with Crippen LogP contribution in [-0.4, -0.2) is 22.8 Å². The van der Waals surface area contributed by atoms with E-state index in [1.807, 2.05) is 35.4 Å². The van der Waals surface area contributed by atoms with Crippen molar-refractivity contribution in [3.05, 3.63) is 52.0 Å². The minimum Gasteiger partial charge on any atom is -0.341 e. The Balaban J connectivity index is 1.60. The molecule has 0 aromatic carbocycles. The third-order valence-electron chi connectivity index (χ3n) is 3.78. The summed E-state index contributed by atoms with van der Waals surface area (Å²) in [4.78, 5) is 20.9. The van der Waals surface area contributed by atoms with Gasteiger partial charge in [-0.05, 0) is 43.2 Å². The molecule has 1 amide bonds. The molecule has 1 aliphatic rings. The SMILES string of the molecule is Cc1ccc([C@H]2C[C@@H]2C(=O)N(C)Cc2ccncc2)s1. The van der Waals surface area contributed by atoms with Gasteiger partial charge in [0, 0.05) is 47.6 Å². The Hall–Kier alpha value is -1.68. The van der Waals surface area contributed by atoms with Crippen LogP contribution in [0.1, 0.15) is 27.7 Å². The van der Waals surface area contributed by atoms with Crippen LogP contribution in [0.15, 0.2) is 36.7 Å². The van der Waals surface area contributed by atoms with Crippen molar-refractivity contribution in [1.82, 2.24) is 9.88 Å². The molecular weight excluding hydrogens is 268 g/mol. The highest BCUT2D eigenvalue weighted by Crippen LogP contribution is 2.50. The van der Waals surface area contributed by atoms with Crippen molar-refractivity contribution in [3.8, 4) is 0 Å². The second kappa shape index (κ2) is 5.37. The third-order valence-corrected chi connectivity index (χ3v) is 4.91. The van der Waals surface area contributed by atoms with E-state index in [9.17, 15) is 4.79 Å². The first kappa shape index (κ1) is 13.3. The fourth-order valence-electron chi connectivity index (χ4n) is 2.56. The molecule has 3 rings (SSSR count). The first-order valence-electron chi connectivity index (χ1n) is 6.85. The molecule has 104 valence electrons. The average Bonchev–Trinajstić information content (AvgIpc) is 3.14. The summed E-state index contributed by atoms with van der Waals surface area (Å²) < 4.78 is 0. The lowest BCUT2D eigenvalue weighted by Gasteiger charge is -2.17. The van der Waals surface area contributed by atoms with E-state index in [2.05, 4.69) is 24.0 Å². The largest absolute Gasteiger partial charge is 0.341 e. The zero-order valence-corrected chi connectivity index (χ0v) is 12.6. The van der Waals surface area contributed by atoms with Crippen LogP contribution in [0.4, 0.5) is 0 Å². The van der Waals surface area contributed by atoms with E-state index >= 15 is 0 Å². The fraction of sp³-hybridized carbons (Fsp3) is 0.375. The molecule has 20 heavy (non-hydrogen) atoms. The van der Waals surface area contributed by atoms with Gasteiger partial charge in [-0.25, -0.2) is 0 Å². The summed E-state index contributed by atoms with van der Waals surface area (Å²) in [6, 6.07) is 8.22. The normalized spacial score (nSPS) is 20.7. The Morgan fingerprint density at radius 3 is 2.75 bits per heavy atom. The highest BCUT2D eigenvalue weighted by atomic mass is 32.1. The first-order valence-corrected chi connectivity index (χ1v) is 7.67. The van der Waals surface area contributed by atoms with Gasteiger partial charge in [-0.15, -0.1) is 11.3 Å². The lowest BCUT2D eigenvalue weighted by molar-refractivity contribution is -0.131. The molecule has 2 aromatic rings. The monoisotopic (exact) mass is 286 g/mol. The number of aromatic nitrogens is 1. The number of carbonyl (C=O) groups is 1. The lowest BCUT2D eigenvalue weighted by Crippen LogP contribution is -2.28. The predicted molar refractivity (Wildman–Crippen MR) is 80.6 cm³/mol. The lowest BCUT2D eigenvalue weighted by atomic mass is 10.2. The van der Waals surface area contributed by atoms with Crippen molar-refractivity contribution in [2.24, 2.45) is 5.92 Å². The van der Waals surface area contributed by atoms with E-state index in [1.165, 1.54) is 9.75 Å². The average molecular weight is 286 g/mol. The highest BCUT2D eigenvalue weighted by Gasteiger charge is 2.45. The maximum atomic E-state index is 12.4. The number of pyridine rings is 1. The summed E-state index contributed by atoms with van der Waals surface area (Å²) in [6.07, 6.45) is 4.53. The Labute approximate surface area is 123 Å². The fourth-order valence-corrected chi connectivity index (χ4v) is 3.61. The van der Waals surface area contributed by atoms with Crippen molar-refractivity contribution in [3.63, 3.8) is 0 Å². The number of aryl methyl sites for hydroxylation is 1. The van der Waals surface area contributed by atoms with Crippen LogP contribution in [0.2, 0.25) is 0 Å². The Morgan fingerprint density at radius 2 is 2.10 bits per heavy atom. The van der Waals surface area contributed by atoms with Crippen LogP contribution in [0, 0.1) is 12.8 Å². The van der Waals surface area contributed by atoms with Crippen LogP contribution in [0.3, 0.4) is 0 Å². The smallest absolute Gasteiger partial charge is 0.226 e. The van der Waals surface area contributed by atoms with Crippen LogP contribution in [-0.2, 0) is 11.3 Å². The van der Waals surface area contributed by atoms with Crippen LogP contribution in [0.5, 0.6) is 0 Å². The number of hydrogen-bond donors (Lipinski definition) is 0.